The average Bonchev–Trinajstić information content (AvgIpc) is 2.44. The molecule has 1 atom stereocenters. The van der Waals surface area contributed by atoms with Crippen LogP contribution in [0.2, 0.25) is 10.0 Å². The zero-order valence-electron chi connectivity index (χ0n) is 11.9. The van der Waals surface area contributed by atoms with E-state index in [9.17, 15) is 15.2 Å². The van der Waals surface area contributed by atoms with Crippen molar-refractivity contribution in [3.8, 4) is 0 Å². The number of nitro benzene ring substituents is 1. The first-order valence-corrected chi connectivity index (χ1v) is 7.50. The van der Waals surface area contributed by atoms with Gasteiger partial charge >= 0.3 is 0 Å². The van der Waals surface area contributed by atoms with E-state index in [1.165, 1.54) is 12.1 Å². The summed E-state index contributed by atoms with van der Waals surface area (Å²) in [6.45, 7) is 1.71. The van der Waals surface area contributed by atoms with Crippen LogP contribution in [0.3, 0.4) is 0 Å². The standard InChI is InChI=1S/C16H15Cl2NO3/c1-10(20)6-12-8-15(17)16(18)9-13(12)7-11-2-4-14(5-3-11)19(21)22/h2-5,8-10,20H,6-7H2,1H3. The van der Waals surface area contributed by atoms with Gasteiger partial charge in [0.05, 0.1) is 21.1 Å². The first-order valence-electron chi connectivity index (χ1n) is 6.75. The molecule has 116 valence electrons. The Morgan fingerprint density at radius 3 is 2.18 bits per heavy atom. The maximum Gasteiger partial charge on any atom is 0.269 e. The van der Waals surface area contributed by atoms with Gasteiger partial charge in [-0.15, -0.1) is 0 Å². The van der Waals surface area contributed by atoms with Crippen molar-refractivity contribution in [2.24, 2.45) is 0 Å². The third-order valence-electron chi connectivity index (χ3n) is 3.30. The molecule has 0 heterocycles. The van der Waals surface area contributed by atoms with Crippen LogP contribution in [0.5, 0.6) is 0 Å². The molecule has 1 unspecified atom stereocenters. The smallest absolute Gasteiger partial charge is 0.269 e. The molecule has 2 aromatic rings. The molecule has 2 aromatic carbocycles. The summed E-state index contributed by atoms with van der Waals surface area (Å²) in [5, 5.41) is 21.2. The predicted molar refractivity (Wildman–Crippen MR) is 87.7 cm³/mol. The topological polar surface area (TPSA) is 63.4 Å². The number of aliphatic hydroxyl groups excluding tert-OH is 1. The molecule has 6 heteroatoms. The van der Waals surface area contributed by atoms with Gasteiger partial charge in [0.25, 0.3) is 5.69 Å². The molecular weight excluding hydrogens is 325 g/mol. The summed E-state index contributed by atoms with van der Waals surface area (Å²) < 4.78 is 0. The maximum atomic E-state index is 10.7. The molecule has 0 aromatic heterocycles. The molecule has 0 aliphatic carbocycles. The molecule has 0 aliphatic rings. The summed E-state index contributed by atoms with van der Waals surface area (Å²) in [5.41, 5.74) is 2.85. The van der Waals surface area contributed by atoms with Crippen molar-refractivity contribution in [3.63, 3.8) is 0 Å². The molecule has 1 N–H and O–H groups in total. The minimum Gasteiger partial charge on any atom is -0.393 e. The van der Waals surface area contributed by atoms with E-state index in [-0.39, 0.29) is 5.69 Å². The lowest BCUT2D eigenvalue weighted by Gasteiger charge is -2.13. The van der Waals surface area contributed by atoms with Crippen molar-refractivity contribution in [2.75, 3.05) is 0 Å². The number of hydrogen-bond acceptors (Lipinski definition) is 3. The van der Waals surface area contributed by atoms with Crippen LogP contribution in [-0.2, 0) is 12.8 Å². The summed E-state index contributed by atoms with van der Waals surface area (Å²) in [4.78, 5) is 10.2. The molecule has 0 saturated carbocycles. The monoisotopic (exact) mass is 339 g/mol. The number of non-ortho nitro benzene ring substituents is 1. The maximum absolute atomic E-state index is 10.7. The molecular formula is C16H15Cl2NO3. The van der Waals surface area contributed by atoms with Crippen LogP contribution in [0.25, 0.3) is 0 Å². The predicted octanol–water partition coefficient (Wildman–Crippen LogP) is 4.42. The third kappa shape index (κ3) is 4.19. The summed E-state index contributed by atoms with van der Waals surface area (Å²) in [5.74, 6) is 0. The van der Waals surface area contributed by atoms with Crippen molar-refractivity contribution in [3.05, 3.63) is 73.2 Å². The molecule has 0 aliphatic heterocycles. The molecule has 2 rings (SSSR count). The van der Waals surface area contributed by atoms with Gasteiger partial charge in [-0.3, -0.25) is 10.1 Å². The van der Waals surface area contributed by atoms with Gasteiger partial charge in [-0.05, 0) is 48.6 Å². The fourth-order valence-electron chi connectivity index (χ4n) is 2.26. The Morgan fingerprint density at radius 2 is 1.68 bits per heavy atom. The van der Waals surface area contributed by atoms with E-state index in [2.05, 4.69) is 0 Å². The Balaban J connectivity index is 2.31. The SMILES string of the molecule is CC(O)Cc1cc(Cl)c(Cl)cc1Cc1ccc([N+](=O)[O-])cc1. The summed E-state index contributed by atoms with van der Waals surface area (Å²) in [7, 11) is 0. The second kappa shape index (κ2) is 7.09. The van der Waals surface area contributed by atoms with Crippen LogP contribution in [0.4, 0.5) is 5.69 Å². The molecule has 0 bridgehead atoms. The Kier molecular flexibility index (Phi) is 5.40. The normalized spacial score (nSPS) is 12.2. The highest BCUT2D eigenvalue weighted by molar-refractivity contribution is 6.42. The highest BCUT2D eigenvalue weighted by Gasteiger charge is 2.11. The Bertz CT molecular complexity index is 685. The number of rotatable bonds is 5. The van der Waals surface area contributed by atoms with Gasteiger partial charge in [0.1, 0.15) is 0 Å². The van der Waals surface area contributed by atoms with Crippen LogP contribution >= 0.6 is 23.2 Å². The lowest BCUT2D eigenvalue weighted by atomic mass is 9.96. The minimum atomic E-state index is -0.493. The molecule has 22 heavy (non-hydrogen) atoms. The summed E-state index contributed by atoms with van der Waals surface area (Å²) in [6, 6.07) is 9.92. The largest absolute Gasteiger partial charge is 0.393 e. The van der Waals surface area contributed by atoms with E-state index < -0.39 is 11.0 Å². The number of nitro groups is 1. The molecule has 0 fully saturated rings. The molecule has 0 saturated heterocycles. The van der Waals surface area contributed by atoms with Crippen LogP contribution in [0.15, 0.2) is 36.4 Å². The van der Waals surface area contributed by atoms with Crippen molar-refractivity contribution >= 4 is 28.9 Å². The van der Waals surface area contributed by atoms with Gasteiger partial charge in [-0.1, -0.05) is 35.3 Å². The van der Waals surface area contributed by atoms with E-state index >= 15 is 0 Å². The third-order valence-corrected chi connectivity index (χ3v) is 4.02. The van der Waals surface area contributed by atoms with Crippen LogP contribution in [-0.4, -0.2) is 16.1 Å². The molecule has 0 amide bonds. The van der Waals surface area contributed by atoms with Gasteiger partial charge in [0.2, 0.25) is 0 Å². The second-order valence-electron chi connectivity index (χ2n) is 5.19. The molecule has 0 radical (unpaired) electrons. The van der Waals surface area contributed by atoms with E-state index in [4.69, 9.17) is 23.2 Å². The van der Waals surface area contributed by atoms with Crippen molar-refractivity contribution in [2.45, 2.75) is 25.9 Å². The van der Waals surface area contributed by atoms with Crippen molar-refractivity contribution in [1.29, 1.82) is 0 Å². The Hall–Kier alpha value is -1.62. The first-order chi connectivity index (χ1) is 10.4. The van der Waals surface area contributed by atoms with Gasteiger partial charge in [-0.2, -0.15) is 0 Å². The fourth-order valence-corrected chi connectivity index (χ4v) is 2.63. The first kappa shape index (κ1) is 16.7. The van der Waals surface area contributed by atoms with Gasteiger partial charge < -0.3 is 5.11 Å². The van der Waals surface area contributed by atoms with E-state index in [0.717, 1.165) is 16.7 Å². The zero-order valence-corrected chi connectivity index (χ0v) is 13.4. The summed E-state index contributed by atoms with van der Waals surface area (Å²) in [6.07, 6.45) is 0.545. The van der Waals surface area contributed by atoms with Gasteiger partial charge in [0.15, 0.2) is 0 Å². The fraction of sp³-hybridized carbons (Fsp3) is 0.250. The van der Waals surface area contributed by atoms with E-state index in [0.29, 0.717) is 22.9 Å². The number of benzene rings is 2. The van der Waals surface area contributed by atoms with Gasteiger partial charge in [-0.25, -0.2) is 0 Å². The lowest BCUT2D eigenvalue weighted by molar-refractivity contribution is -0.384. The highest BCUT2D eigenvalue weighted by Crippen LogP contribution is 2.28. The number of halogens is 2. The van der Waals surface area contributed by atoms with Crippen LogP contribution in [0.1, 0.15) is 23.6 Å². The lowest BCUT2D eigenvalue weighted by Crippen LogP contribution is -2.07. The Labute approximate surface area is 138 Å². The average molecular weight is 340 g/mol. The van der Waals surface area contributed by atoms with Gasteiger partial charge in [0, 0.05) is 12.1 Å². The number of hydrogen-bond donors (Lipinski definition) is 1. The highest BCUT2D eigenvalue weighted by atomic mass is 35.5. The van der Waals surface area contributed by atoms with Crippen LogP contribution in [0, 0.1) is 10.1 Å². The van der Waals surface area contributed by atoms with E-state index in [1.807, 2.05) is 0 Å². The quantitative estimate of drug-likeness (QED) is 0.647. The second-order valence-corrected chi connectivity index (χ2v) is 6.00. The number of nitrogens with zero attached hydrogens (tertiary/aromatic N) is 1. The van der Waals surface area contributed by atoms with Crippen LogP contribution < -0.4 is 0 Å². The van der Waals surface area contributed by atoms with Crippen molar-refractivity contribution in [1.82, 2.24) is 0 Å². The Morgan fingerprint density at radius 1 is 1.14 bits per heavy atom. The zero-order chi connectivity index (χ0) is 16.3. The minimum absolute atomic E-state index is 0.0575. The molecule has 4 nitrogen and oxygen atoms in total. The molecule has 0 spiro atoms. The summed E-state index contributed by atoms with van der Waals surface area (Å²) >= 11 is 12.1. The van der Waals surface area contributed by atoms with Crippen molar-refractivity contribution < 1.29 is 10.0 Å². The van der Waals surface area contributed by atoms with E-state index in [1.54, 1.807) is 31.2 Å². The number of aliphatic hydroxyl groups is 1.